The molecule has 2 heteroatoms. The van der Waals surface area contributed by atoms with E-state index in [-0.39, 0.29) is 4.75 Å². The average Bonchev–Trinajstić information content (AvgIpc) is 1.62. The second-order valence-electron chi connectivity index (χ2n) is 4.25. The zero-order valence-corrected chi connectivity index (χ0v) is 8.83. The van der Waals surface area contributed by atoms with Crippen LogP contribution in [0.15, 0.2) is 0 Å². The maximum Gasteiger partial charge on any atom is 0.0154 e. The van der Waals surface area contributed by atoms with Gasteiger partial charge in [-0.15, -0.1) is 0 Å². The molecule has 0 fully saturated rings. The Balaban J connectivity index is 4.59. The highest BCUT2D eigenvalue weighted by molar-refractivity contribution is 8.04. The molecule has 1 nitrogen and oxygen atoms in total. The number of rotatable bonds is 1. The lowest BCUT2D eigenvalue weighted by molar-refractivity contribution is 0.627. The highest BCUT2D eigenvalue weighted by Gasteiger charge is 2.28. The second-order valence-corrected chi connectivity index (χ2v) is 8.61. The third-order valence-electron chi connectivity index (χ3n) is 2.32. The Morgan fingerprint density at radius 3 is 1.50 bits per heavy atom. The monoisotopic (exact) mass is 164 g/mol. The Bertz CT molecular complexity index is 153. The average molecular weight is 164 g/mol. The van der Waals surface area contributed by atoms with Gasteiger partial charge in [-0.3, -0.25) is 4.21 Å². The maximum absolute atomic E-state index is 11.9. The first kappa shape index (κ1) is 10.2. The van der Waals surface area contributed by atoms with Crippen molar-refractivity contribution in [3.63, 3.8) is 0 Å². The fourth-order valence-corrected chi connectivity index (χ4v) is 2.32. The van der Waals surface area contributed by atoms with E-state index in [1.54, 1.807) is 0 Å². The minimum atomic E-state index is -1.95. The van der Waals surface area contributed by atoms with Crippen molar-refractivity contribution in [2.45, 2.75) is 44.6 Å². The molecule has 0 spiro atoms. The van der Waals surface area contributed by atoms with Gasteiger partial charge in [0.1, 0.15) is 0 Å². The molecule has 0 amide bonds. The SMILES string of the molecule is CC(C)[SH](C)(=O)C(C)(C)C. The number of hydrogen-bond donors (Lipinski definition) is 1. The lowest BCUT2D eigenvalue weighted by Crippen LogP contribution is -2.40. The van der Waals surface area contributed by atoms with Crippen LogP contribution in [-0.2, 0) is 9.93 Å². The Kier molecular flexibility index (Phi) is 2.69. The third kappa shape index (κ3) is 1.82. The van der Waals surface area contributed by atoms with Gasteiger partial charge in [0.25, 0.3) is 0 Å². The molecule has 0 aliphatic heterocycles. The predicted octanol–water partition coefficient (Wildman–Crippen LogP) is 1.84. The Labute approximate surface area is 65.6 Å². The molecule has 0 N–H and O–H groups in total. The van der Waals surface area contributed by atoms with Crippen LogP contribution in [0.25, 0.3) is 0 Å². The van der Waals surface area contributed by atoms with E-state index in [1.165, 1.54) is 0 Å². The molecule has 0 aliphatic rings. The molecular weight excluding hydrogens is 144 g/mol. The van der Waals surface area contributed by atoms with E-state index < -0.39 is 9.93 Å². The molecule has 64 valence electrons. The molecule has 10 heavy (non-hydrogen) atoms. The summed E-state index contributed by atoms with van der Waals surface area (Å²) in [7, 11) is -1.95. The van der Waals surface area contributed by atoms with Gasteiger partial charge in [-0.25, -0.2) is 0 Å². The van der Waals surface area contributed by atoms with Crippen molar-refractivity contribution in [3.05, 3.63) is 0 Å². The first-order valence-electron chi connectivity index (χ1n) is 3.77. The Hall–Kier alpha value is 0.150. The second kappa shape index (κ2) is 2.65. The molecule has 0 unspecified atom stereocenters. The zero-order valence-electron chi connectivity index (χ0n) is 7.93. The van der Waals surface area contributed by atoms with Crippen LogP contribution in [0.5, 0.6) is 0 Å². The molecule has 0 atom stereocenters. The van der Waals surface area contributed by atoms with Crippen molar-refractivity contribution >= 4 is 9.93 Å². The maximum atomic E-state index is 11.9. The van der Waals surface area contributed by atoms with Gasteiger partial charge < -0.3 is 0 Å². The molecule has 0 bridgehead atoms. The van der Waals surface area contributed by atoms with Crippen LogP contribution < -0.4 is 0 Å². The summed E-state index contributed by atoms with van der Waals surface area (Å²) in [4.78, 5) is 0. The van der Waals surface area contributed by atoms with Crippen molar-refractivity contribution in [3.8, 4) is 0 Å². The summed E-state index contributed by atoms with van der Waals surface area (Å²) in [6.45, 7) is 10.2. The van der Waals surface area contributed by atoms with Crippen LogP contribution >= 0.6 is 0 Å². The first-order valence-corrected chi connectivity index (χ1v) is 5.99. The molecule has 0 heterocycles. The summed E-state index contributed by atoms with van der Waals surface area (Å²) in [6, 6.07) is 0. The minimum Gasteiger partial charge on any atom is -0.284 e. The zero-order chi connectivity index (χ0) is 8.58. The van der Waals surface area contributed by atoms with E-state index in [0.717, 1.165) is 0 Å². The van der Waals surface area contributed by atoms with Crippen LogP contribution in [0.2, 0.25) is 0 Å². The molecule has 0 aromatic rings. The molecule has 0 aromatic heterocycles. The largest absolute Gasteiger partial charge is 0.284 e. The van der Waals surface area contributed by atoms with Crippen molar-refractivity contribution in [1.29, 1.82) is 0 Å². The third-order valence-corrected chi connectivity index (χ3v) is 6.95. The quantitative estimate of drug-likeness (QED) is 0.585. The summed E-state index contributed by atoms with van der Waals surface area (Å²) < 4.78 is 11.9. The van der Waals surface area contributed by atoms with E-state index >= 15 is 0 Å². The van der Waals surface area contributed by atoms with Gasteiger partial charge in [0.05, 0.1) is 0 Å². The van der Waals surface area contributed by atoms with E-state index in [2.05, 4.69) is 0 Å². The van der Waals surface area contributed by atoms with Crippen LogP contribution in [0, 0.1) is 0 Å². The van der Waals surface area contributed by atoms with Crippen molar-refractivity contribution in [1.82, 2.24) is 0 Å². The summed E-state index contributed by atoms with van der Waals surface area (Å²) >= 11 is 0. The molecule has 0 saturated carbocycles. The molecular formula is C8H20OS. The van der Waals surface area contributed by atoms with Crippen LogP contribution in [0.1, 0.15) is 34.6 Å². The van der Waals surface area contributed by atoms with Crippen molar-refractivity contribution in [2.24, 2.45) is 0 Å². The standard InChI is InChI=1S/C8H20OS/c1-7(2)10(6,9)8(3,4)5/h7,10H,1-6H3. The molecule has 0 aliphatic carbocycles. The van der Waals surface area contributed by atoms with Gasteiger partial charge in [-0.1, -0.05) is 44.6 Å². The van der Waals surface area contributed by atoms with Crippen LogP contribution in [0.3, 0.4) is 0 Å². The Morgan fingerprint density at radius 1 is 1.20 bits per heavy atom. The number of thiol groups is 1. The summed E-state index contributed by atoms with van der Waals surface area (Å²) in [5.74, 6) is 0. The minimum absolute atomic E-state index is 0.0266. The van der Waals surface area contributed by atoms with E-state index in [9.17, 15) is 4.21 Å². The lowest BCUT2D eigenvalue weighted by Gasteiger charge is -2.36. The highest BCUT2D eigenvalue weighted by atomic mass is 32.2. The molecule has 0 rings (SSSR count). The smallest absolute Gasteiger partial charge is 0.0154 e. The van der Waals surface area contributed by atoms with Crippen LogP contribution in [0.4, 0.5) is 0 Å². The predicted molar refractivity (Wildman–Crippen MR) is 50.4 cm³/mol. The number of hydrogen-bond acceptors (Lipinski definition) is 1. The molecule has 0 radical (unpaired) electrons. The summed E-state index contributed by atoms with van der Waals surface area (Å²) in [6.07, 6.45) is 1.90. The fourth-order valence-electron chi connectivity index (χ4n) is 0.775. The van der Waals surface area contributed by atoms with E-state index in [0.29, 0.717) is 5.25 Å². The van der Waals surface area contributed by atoms with E-state index in [4.69, 9.17) is 0 Å². The Morgan fingerprint density at radius 2 is 1.50 bits per heavy atom. The first-order chi connectivity index (χ1) is 4.19. The van der Waals surface area contributed by atoms with Crippen molar-refractivity contribution in [2.75, 3.05) is 6.26 Å². The topological polar surface area (TPSA) is 17.1 Å². The normalized spacial score (nSPS) is 15.9. The fraction of sp³-hybridized carbons (Fsp3) is 1.00. The lowest BCUT2D eigenvalue weighted by atomic mass is 10.3. The van der Waals surface area contributed by atoms with Gasteiger partial charge >= 0.3 is 0 Å². The van der Waals surface area contributed by atoms with Gasteiger partial charge in [0, 0.05) is 10.00 Å². The molecule has 0 aromatic carbocycles. The van der Waals surface area contributed by atoms with Gasteiger partial charge in [0.2, 0.25) is 0 Å². The summed E-state index contributed by atoms with van der Waals surface area (Å²) in [5.41, 5.74) is 0. The molecule has 0 saturated heterocycles. The van der Waals surface area contributed by atoms with Gasteiger partial charge in [-0.2, -0.15) is 0 Å². The summed E-state index contributed by atoms with van der Waals surface area (Å²) in [5, 5.41) is 0.312. The van der Waals surface area contributed by atoms with Crippen LogP contribution in [-0.4, -0.2) is 20.5 Å². The highest BCUT2D eigenvalue weighted by Crippen LogP contribution is 2.25. The van der Waals surface area contributed by atoms with Gasteiger partial charge in [-0.05, 0) is 6.26 Å². The van der Waals surface area contributed by atoms with E-state index in [1.807, 2.05) is 40.9 Å². The van der Waals surface area contributed by atoms with Crippen molar-refractivity contribution < 1.29 is 4.21 Å². The van der Waals surface area contributed by atoms with Gasteiger partial charge in [0.15, 0.2) is 0 Å².